The van der Waals surface area contributed by atoms with Crippen LogP contribution in [0.25, 0.3) is 21.6 Å². The molecule has 0 unspecified atom stereocenters. The first kappa shape index (κ1) is 34.0. The van der Waals surface area contributed by atoms with Crippen LogP contribution in [0.15, 0.2) is 42.5 Å². The molecule has 2 amide bonds. The van der Waals surface area contributed by atoms with Crippen molar-refractivity contribution < 1.29 is 22.7 Å². The lowest BCUT2D eigenvalue weighted by Crippen LogP contribution is -2.63. The van der Waals surface area contributed by atoms with Crippen LogP contribution in [-0.2, 0) is 14.6 Å². The summed E-state index contributed by atoms with van der Waals surface area (Å²) in [5.74, 6) is -0.275. The zero-order valence-electron chi connectivity index (χ0n) is 25.0. The summed E-state index contributed by atoms with van der Waals surface area (Å²) < 4.78 is 30.0. The molecular formula is C32H36Cl3N3O5S2. The molecule has 5 rings (SSSR count). The molecule has 0 saturated carbocycles. The minimum atomic E-state index is -3.20. The number of rotatable bonds is 10. The summed E-state index contributed by atoms with van der Waals surface area (Å²) in [5, 5.41) is 1.43. The van der Waals surface area contributed by atoms with E-state index in [-0.39, 0.29) is 30.6 Å². The topological polar surface area (TPSA) is 110 Å². The van der Waals surface area contributed by atoms with E-state index >= 15 is 0 Å². The first-order valence-corrected chi connectivity index (χ1v) is 18.9. The Bertz CT molecular complexity index is 1660. The number of carbonyl (C=O) groups excluding carboxylic acids is 2. The molecule has 2 aromatic carbocycles. The third-order valence-electron chi connectivity index (χ3n) is 8.57. The van der Waals surface area contributed by atoms with Crippen LogP contribution in [0.4, 0.5) is 0 Å². The van der Waals surface area contributed by atoms with E-state index in [9.17, 15) is 18.0 Å². The number of hydrogen-bond acceptors (Lipinski definition) is 7. The molecule has 2 fully saturated rings. The van der Waals surface area contributed by atoms with Gasteiger partial charge in [0.1, 0.15) is 20.3 Å². The maximum atomic E-state index is 14.3. The van der Waals surface area contributed by atoms with E-state index < -0.39 is 15.4 Å². The Morgan fingerprint density at radius 1 is 0.956 bits per heavy atom. The second-order valence-electron chi connectivity index (χ2n) is 11.7. The molecule has 8 nitrogen and oxygen atoms in total. The van der Waals surface area contributed by atoms with Crippen molar-refractivity contribution >= 4 is 67.8 Å². The Morgan fingerprint density at radius 2 is 1.60 bits per heavy atom. The van der Waals surface area contributed by atoms with Gasteiger partial charge in [0.15, 0.2) is 5.75 Å². The molecule has 2 N–H and O–H groups in total. The monoisotopic (exact) mass is 711 g/mol. The number of hydrogen-bond donors (Lipinski definition) is 1. The predicted molar refractivity (Wildman–Crippen MR) is 183 cm³/mol. The SMILES string of the molecule is CS(=O)(=O)CCCOc1c(C(=O)N2CCC(C(N)=O)(N3CCCCC3)CC2)sc(-c2ccc(Cl)cc2Cl)c1-c1ccc(Cl)cc1. The summed E-state index contributed by atoms with van der Waals surface area (Å²) in [4.78, 5) is 32.2. The van der Waals surface area contributed by atoms with Gasteiger partial charge in [0, 0.05) is 45.4 Å². The lowest BCUT2D eigenvalue weighted by atomic mass is 9.83. The van der Waals surface area contributed by atoms with Crippen molar-refractivity contribution in [3.63, 3.8) is 0 Å². The van der Waals surface area contributed by atoms with Gasteiger partial charge in [-0.25, -0.2) is 8.42 Å². The van der Waals surface area contributed by atoms with E-state index in [1.165, 1.54) is 17.6 Å². The normalized spacial score (nSPS) is 17.3. The van der Waals surface area contributed by atoms with Crippen molar-refractivity contribution in [2.75, 3.05) is 44.8 Å². The standard InChI is InChI=1S/C32H36Cl3N3O5S2/c1-45(41,42)19-5-18-43-27-26(21-6-8-22(33)9-7-21)28(24-11-10-23(34)20-25(24)35)44-29(27)30(39)37-16-12-32(13-17-37,31(36)40)38-14-3-2-4-15-38/h6-11,20H,2-5,12-19H2,1H3,(H2,36,40). The van der Waals surface area contributed by atoms with Crippen LogP contribution in [0.1, 0.15) is 48.2 Å². The van der Waals surface area contributed by atoms with Gasteiger partial charge in [0.2, 0.25) is 5.91 Å². The highest BCUT2D eigenvalue weighted by Crippen LogP contribution is 2.50. The summed E-state index contributed by atoms with van der Waals surface area (Å²) >= 11 is 20.4. The molecule has 0 atom stereocenters. The van der Waals surface area contributed by atoms with E-state index in [1.807, 2.05) is 12.1 Å². The van der Waals surface area contributed by atoms with Crippen LogP contribution in [0.5, 0.6) is 5.75 Å². The molecule has 242 valence electrons. The smallest absolute Gasteiger partial charge is 0.267 e. The van der Waals surface area contributed by atoms with Gasteiger partial charge in [-0.05, 0) is 75.0 Å². The van der Waals surface area contributed by atoms with Crippen LogP contribution in [0, 0.1) is 0 Å². The average Bonchev–Trinajstić information content (AvgIpc) is 3.38. The van der Waals surface area contributed by atoms with Crippen LogP contribution >= 0.6 is 46.1 Å². The zero-order chi connectivity index (χ0) is 32.4. The number of piperidine rings is 2. The number of amides is 2. The summed E-state index contributed by atoms with van der Waals surface area (Å²) in [6, 6.07) is 12.4. The van der Waals surface area contributed by atoms with Gasteiger partial charge in [0.05, 0.1) is 17.4 Å². The molecule has 2 saturated heterocycles. The second kappa shape index (κ2) is 14.2. The number of carbonyl (C=O) groups is 2. The number of primary amides is 1. The lowest BCUT2D eigenvalue weighted by molar-refractivity contribution is -0.134. The third kappa shape index (κ3) is 7.63. The van der Waals surface area contributed by atoms with Crippen LogP contribution in [0.3, 0.4) is 0 Å². The Kier molecular flexibility index (Phi) is 10.7. The number of halogens is 3. The maximum Gasteiger partial charge on any atom is 0.267 e. The minimum absolute atomic E-state index is 0.0512. The first-order chi connectivity index (χ1) is 21.4. The van der Waals surface area contributed by atoms with Crippen LogP contribution in [0.2, 0.25) is 15.1 Å². The van der Waals surface area contributed by atoms with Gasteiger partial charge >= 0.3 is 0 Å². The van der Waals surface area contributed by atoms with E-state index in [0.29, 0.717) is 67.6 Å². The largest absolute Gasteiger partial charge is 0.491 e. The number of thiophene rings is 1. The summed E-state index contributed by atoms with van der Waals surface area (Å²) in [6.45, 7) is 2.44. The minimum Gasteiger partial charge on any atom is -0.491 e. The average molecular weight is 713 g/mol. The highest BCUT2D eigenvalue weighted by atomic mass is 35.5. The van der Waals surface area contributed by atoms with Gasteiger partial charge in [-0.15, -0.1) is 11.3 Å². The van der Waals surface area contributed by atoms with Crippen molar-refractivity contribution in [2.24, 2.45) is 5.73 Å². The second-order valence-corrected chi connectivity index (χ2v) is 16.2. The van der Waals surface area contributed by atoms with Crippen molar-refractivity contribution in [3.05, 3.63) is 62.4 Å². The quantitative estimate of drug-likeness (QED) is 0.232. The number of nitrogens with zero attached hydrogens (tertiary/aromatic N) is 2. The molecular weight excluding hydrogens is 677 g/mol. The van der Waals surface area contributed by atoms with Crippen LogP contribution in [-0.4, -0.2) is 80.4 Å². The highest BCUT2D eigenvalue weighted by molar-refractivity contribution is 7.90. The Labute approximate surface area is 283 Å². The Morgan fingerprint density at radius 3 is 2.20 bits per heavy atom. The molecule has 1 aromatic heterocycles. The summed E-state index contributed by atoms with van der Waals surface area (Å²) in [7, 11) is -3.20. The van der Waals surface area contributed by atoms with Gasteiger partial charge in [-0.3, -0.25) is 14.5 Å². The molecule has 3 aromatic rings. The van der Waals surface area contributed by atoms with Gasteiger partial charge < -0.3 is 15.4 Å². The molecule has 13 heteroatoms. The highest BCUT2D eigenvalue weighted by Gasteiger charge is 2.46. The molecule has 0 bridgehead atoms. The summed E-state index contributed by atoms with van der Waals surface area (Å²) in [5.41, 5.74) is 7.31. The van der Waals surface area contributed by atoms with E-state index in [1.54, 1.807) is 35.2 Å². The molecule has 0 aliphatic carbocycles. The number of nitrogens with two attached hydrogens (primary N) is 1. The Hall–Kier alpha value is -2.34. The molecule has 2 aliphatic rings. The fraction of sp³-hybridized carbons (Fsp3) is 0.438. The number of likely N-dealkylation sites (tertiary alicyclic amines) is 2. The number of ether oxygens (including phenoxy) is 1. The van der Waals surface area contributed by atoms with Crippen molar-refractivity contribution in [2.45, 2.75) is 44.1 Å². The maximum absolute atomic E-state index is 14.3. The van der Waals surface area contributed by atoms with Gasteiger partial charge in [-0.2, -0.15) is 0 Å². The zero-order valence-corrected chi connectivity index (χ0v) is 28.9. The molecule has 45 heavy (non-hydrogen) atoms. The Balaban J connectivity index is 1.55. The number of sulfone groups is 1. The van der Waals surface area contributed by atoms with E-state index in [4.69, 9.17) is 45.3 Å². The van der Waals surface area contributed by atoms with Crippen molar-refractivity contribution in [1.82, 2.24) is 9.80 Å². The lowest BCUT2D eigenvalue weighted by Gasteiger charge is -2.48. The summed E-state index contributed by atoms with van der Waals surface area (Å²) in [6.07, 6.45) is 5.51. The number of benzene rings is 2. The predicted octanol–water partition coefficient (Wildman–Crippen LogP) is 6.80. The van der Waals surface area contributed by atoms with E-state index in [0.717, 1.165) is 37.9 Å². The molecule has 2 aliphatic heterocycles. The third-order valence-corrected chi connectivity index (χ3v) is 11.6. The van der Waals surface area contributed by atoms with Gasteiger partial charge in [-0.1, -0.05) is 59.4 Å². The fourth-order valence-corrected chi connectivity index (χ4v) is 8.80. The fourth-order valence-electron chi connectivity index (χ4n) is 6.20. The first-order valence-electron chi connectivity index (χ1n) is 14.9. The van der Waals surface area contributed by atoms with Crippen LogP contribution < -0.4 is 10.5 Å². The van der Waals surface area contributed by atoms with Crippen molar-refractivity contribution in [3.8, 4) is 27.3 Å². The van der Waals surface area contributed by atoms with Crippen molar-refractivity contribution in [1.29, 1.82) is 0 Å². The molecule has 3 heterocycles. The van der Waals surface area contributed by atoms with Gasteiger partial charge in [0.25, 0.3) is 5.91 Å². The molecule has 0 radical (unpaired) electrons. The van der Waals surface area contributed by atoms with E-state index in [2.05, 4.69) is 4.90 Å². The molecule has 0 spiro atoms.